The van der Waals surface area contributed by atoms with Crippen LogP contribution in [0.25, 0.3) is 0 Å². The summed E-state index contributed by atoms with van der Waals surface area (Å²) in [6, 6.07) is 0. The Balaban J connectivity index is 4.12. The minimum absolute atomic E-state index is 0.406. The maximum atomic E-state index is 10.7. The summed E-state index contributed by atoms with van der Waals surface area (Å²) in [7, 11) is 0. The third-order valence-corrected chi connectivity index (χ3v) is 2.62. The van der Waals surface area contributed by atoms with Gasteiger partial charge in [0.05, 0.1) is 0 Å². The Labute approximate surface area is 66.9 Å². The molecule has 64 valence electrons. The average molecular weight is 224 g/mol. The molecule has 0 bridgehead atoms. The molecule has 0 aromatic rings. The quantitative estimate of drug-likeness (QED) is 0.345. The molecule has 0 saturated carbocycles. The number of hydrogen-bond acceptors (Lipinski definition) is 5. The van der Waals surface area contributed by atoms with E-state index in [-0.39, 0.29) is 0 Å². The summed E-state index contributed by atoms with van der Waals surface area (Å²) in [6.07, 6.45) is 0. The van der Waals surface area contributed by atoms with Crippen molar-refractivity contribution < 1.29 is 15.3 Å². The molecule has 7 heteroatoms. The van der Waals surface area contributed by atoms with Gasteiger partial charge >= 0.3 is 66.3 Å². The van der Waals surface area contributed by atoms with Gasteiger partial charge in [-0.05, 0) is 0 Å². The van der Waals surface area contributed by atoms with Gasteiger partial charge in [-0.25, -0.2) is 0 Å². The van der Waals surface area contributed by atoms with Crippen molar-refractivity contribution in [3.05, 3.63) is 0 Å². The molecule has 0 unspecified atom stereocenters. The first-order chi connectivity index (χ1) is 4.83. The molecule has 3 N–H and O–H groups in total. The first-order valence-corrected chi connectivity index (χ1v) is 5.79. The monoisotopic (exact) mass is 224 g/mol. The molecule has 0 spiro atoms. The second kappa shape index (κ2) is 3.59. The molecule has 0 aliphatic heterocycles. The second-order valence-corrected chi connectivity index (χ2v) is 4.50. The van der Waals surface area contributed by atoms with Gasteiger partial charge in [0.25, 0.3) is 0 Å². The number of nitrogens with one attached hydrogen (secondary N) is 2. The zero-order valence-electron chi connectivity index (χ0n) is 6.12. The third kappa shape index (κ3) is 5.69. The van der Waals surface area contributed by atoms with Crippen LogP contribution in [-0.4, -0.2) is 30.4 Å². The van der Waals surface area contributed by atoms with Crippen LogP contribution in [0.4, 0.5) is 0 Å². The van der Waals surface area contributed by atoms with Crippen LogP contribution in [0.5, 0.6) is 0 Å². The van der Waals surface area contributed by atoms with Crippen molar-refractivity contribution in [3.8, 4) is 0 Å². The van der Waals surface area contributed by atoms with E-state index in [0.29, 0.717) is 0 Å². The van der Waals surface area contributed by atoms with E-state index in [1.807, 2.05) is 0 Å². The van der Waals surface area contributed by atoms with Crippen molar-refractivity contribution in [2.24, 2.45) is 0 Å². The van der Waals surface area contributed by atoms with Gasteiger partial charge in [-0.3, -0.25) is 0 Å². The molecular weight excluding hydrogens is 215 g/mol. The van der Waals surface area contributed by atoms with Gasteiger partial charge in [0.15, 0.2) is 0 Å². The van der Waals surface area contributed by atoms with E-state index in [9.17, 15) is 3.74 Å². The predicted octanol–water partition coefficient (Wildman–Crippen LogP) is -0.128. The van der Waals surface area contributed by atoms with Crippen molar-refractivity contribution in [3.63, 3.8) is 0 Å². The van der Waals surface area contributed by atoms with E-state index in [1.165, 1.54) is 13.8 Å². The molecule has 0 aromatic carbocycles. The molecule has 6 nitrogen and oxygen atoms in total. The van der Waals surface area contributed by atoms with E-state index in [0.717, 1.165) is 0 Å². The molecule has 0 aliphatic rings. The summed E-state index contributed by atoms with van der Waals surface area (Å²) in [5, 5.41) is 13.4. The van der Waals surface area contributed by atoms with E-state index >= 15 is 0 Å². The second-order valence-electron chi connectivity index (χ2n) is 1.76. The molecule has 0 heterocycles. The normalized spacial score (nSPS) is 14.8. The van der Waals surface area contributed by atoms with Crippen molar-refractivity contribution in [2.45, 2.75) is 13.8 Å². The topological polar surface area (TPSA) is 103 Å². The van der Waals surface area contributed by atoms with Crippen LogP contribution in [0.1, 0.15) is 13.8 Å². The van der Waals surface area contributed by atoms with Crippen LogP contribution in [-0.2, 0) is 11.2 Å². The maximum absolute atomic E-state index is 10.7. The molecule has 11 heavy (non-hydrogen) atoms. The van der Waals surface area contributed by atoms with Crippen LogP contribution in [0.3, 0.4) is 0 Å². The summed E-state index contributed by atoms with van der Waals surface area (Å²) < 4.78 is 27.8. The molecular formula is C4H9AsN2O4. The van der Waals surface area contributed by atoms with Crippen LogP contribution in [0.2, 0.25) is 0 Å². The molecule has 0 fully saturated rings. The van der Waals surface area contributed by atoms with Crippen molar-refractivity contribution >= 4 is 26.3 Å². The molecule has 0 aromatic heterocycles. The zero-order chi connectivity index (χ0) is 9.07. The van der Waals surface area contributed by atoms with Crippen LogP contribution < -0.4 is 0 Å². The van der Waals surface area contributed by atoms with E-state index in [2.05, 4.69) is 7.45 Å². The Bertz CT molecular complexity index is 206. The first-order valence-electron chi connectivity index (χ1n) is 2.66. The average Bonchev–Trinajstić information content (AvgIpc) is 1.53. The molecule has 0 rings (SSSR count). The fourth-order valence-corrected chi connectivity index (χ4v) is 1.90. The van der Waals surface area contributed by atoms with Crippen LogP contribution in [0.15, 0.2) is 0 Å². The summed E-state index contributed by atoms with van der Waals surface area (Å²) in [4.78, 5) is 0. The molecule has 0 aliphatic carbocycles. The standard InChI is InChI=1S/C4H9AsN2O4/c1-3(6)10-5(8,9)11-4(2)7/h6-7H,1-2H3,(H,8,9). The summed E-state index contributed by atoms with van der Waals surface area (Å²) >= 11 is -4.85. The predicted molar refractivity (Wildman–Crippen MR) is 37.6 cm³/mol. The Morgan fingerprint density at radius 2 is 1.55 bits per heavy atom. The Kier molecular flexibility index (Phi) is 3.35. The summed E-state index contributed by atoms with van der Waals surface area (Å²) in [5.41, 5.74) is 0. The van der Waals surface area contributed by atoms with Crippen LogP contribution >= 0.6 is 0 Å². The van der Waals surface area contributed by atoms with Crippen LogP contribution in [0, 0.1) is 10.8 Å². The van der Waals surface area contributed by atoms with Crippen molar-refractivity contribution in [2.75, 3.05) is 0 Å². The zero-order valence-corrected chi connectivity index (χ0v) is 8.00. The Hall–Kier alpha value is -0.742. The minimum atomic E-state index is -4.85. The van der Waals surface area contributed by atoms with Gasteiger partial charge < -0.3 is 0 Å². The molecule has 0 amide bonds. The summed E-state index contributed by atoms with van der Waals surface area (Å²) in [5.74, 6) is -0.812. The van der Waals surface area contributed by atoms with Crippen molar-refractivity contribution in [1.82, 2.24) is 0 Å². The van der Waals surface area contributed by atoms with Gasteiger partial charge in [0.1, 0.15) is 0 Å². The van der Waals surface area contributed by atoms with Crippen molar-refractivity contribution in [1.29, 1.82) is 10.8 Å². The summed E-state index contributed by atoms with van der Waals surface area (Å²) in [6.45, 7) is 2.40. The van der Waals surface area contributed by atoms with Gasteiger partial charge in [-0.15, -0.1) is 0 Å². The van der Waals surface area contributed by atoms with E-state index in [1.54, 1.807) is 0 Å². The Morgan fingerprint density at radius 3 is 1.73 bits per heavy atom. The molecule has 0 saturated heterocycles. The van der Waals surface area contributed by atoms with E-state index in [4.69, 9.17) is 14.9 Å². The third-order valence-electron chi connectivity index (χ3n) is 0.505. The van der Waals surface area contributed by atoms with Gasteiger partial charge in [-0.1, -0.05) is 0 Å². The number of rotatable bonds is 2. The van der Waals surface area contributed by atoms with Gasteiger partial charge in [0.2, 0.25) is 0 Å². The Morgan fingerprint density at radius 1 is 1.27 bits per heavy atom. The van der Waals surface area contributed by atoms with Gasteiger partial charge in [-0.2, -0.15) is 0 Å². The number of hydrogen-bond donors (Lipinski definition) is 3. The fraction of sp³-hybridized carbons (Fsp3) is 0.500. The van der Waals surface area contributed by atoms with E-state index < -0.39 is 26.3 Å². The molecule has 0 radical (unpaired) electrons. The van der Waals surface area contributed by atoms with Gasteiger partial charge in [0, 0.05) is 0 Å². The SMILES string of the molecule is CC(=N)O[As](=O)(O)OC(C)=N. The fourth-order valence-electron chi connectivity index (χ4n) is 0.365. The first kappa shape index (κ1) is 10.3. The molecule has 0 atom stereocenters.